The number of ether oxygens (including phenoxy) is 2. The molecule has 102 valence electrons. The monoisotopic (exact) mass is 245 g/mol. The van der Waals surface area contributed by atoms with E-state index in [1.54, 1.807) is 0 Å². The van der Waals surface area contributed by atoms with Gasteiger partial charge in [-0.15, -0.1) is 0 Å². The van der Waals surface area contributed by atoms with Crippen LogP contribution >= 0.6 is 0 Å². The summed E-state index contributed by atoms with van der Waals surface area (Å²) in [5.41, 5.74) is 0. The number of carbonyl (C=O) groups excluding carboxylic acids is 1. The molecular weight excluding hydrogens is 218 g/mol. The molecule has 0 saturated carbocycles. The lowest BCUT2D eigenvalue weighted by atomic mass is 10.2. The van der Waals surface area contributed by atoms with Crippen LogP contribution in [0.3, 0.4) is 0 Å². The van der Waals surface area contributed by atoms with Gasteiger partial charge in [-0.1, -0.05) is 6.42 Å². The van der Waals surface area contributed by atoms with E-state index in [0.717, 1.165) is 52.0 Å². The number of carbonyl (C=O) groups is 1. The fourth-order valence-corrected chi connectivity index (χ4v) is 1.50. The summed E-state index contributed by atoms with van der Waals surface area (Å²) in [6, 6.07) is 0. The molecule has 0 spiro atoms. The van der Waals surface area contributed by atoms with Crippen molar-refractivity contribution in [3.05, 3.63) is 0 Å². The van der Waals surface area contributed by atoms with Gasteiger partial charge >= 0.3 is 5.97 Å². The first-order chi connectivity index (χ1) is 8.31. The van der Waals surface area contributed by atoms with Gasteiger partial charge in [0.05, 0.1) is 6.61 Å². The molecule has 0 aliphatic rings. The van der Waals surface area contributed by atoms with Crippen molar-refractivity contribution in [1.29, 1.82) is 0 Å². The minimum absolute atomic E-state index is 0.0721. The molecule has 0 heterocycles. The Morgan fingerprint density at radius 2 is 1.76 bits per heavy atom. The Balaban J connectivity index is 3.01. The van der Waals surface area contributed by atoms with E-state index in [0.29, 0.717) is 13.0 Å². The van der Waals surface area contributed by atoms with E-state index in [1.807, 2.05) is 13.8 Å². The van der Waals surface area contributed by atoms with Crippen molar-refractivity contribution < 1.29 is 14.3 Å². The Morgan fingerprint density at radius 1 is 1.00 bits per heavy atom. The topological polar surface area (TPSA) is 47.6 Å². The van der Waals surface area contributed by atoms with Gasteiger partial charge in [-0.2, -0.15) is 0 Å². The highest BCUT2D eigenvalue weighted by atomic mass is 16.5. The van der Waals surface area contributed by atoms with Crippen LogP contribution in [0.4, 0.5) is 0 Å². The van der Waals surface area contributed by atoms with Crippen LogP contribution in [0.5, 0.6) is 0 Å². The van der Waals surface area contributed by atoms with Gasteiger partial charge in [0.25, 0.3) is 0 Å². The Hall–Kier alpha value is -0.610. The summed E-state index contributed by atoms with van der Waals surface area (Å²) in [4.78, 5) is 11.0. The highest BCUT2D eigenvalue weighted by Gasteiger charge is 2.00. The molecular formula is C13H27NO3. The van der Waals surface area contributed by atoms with Gasteiger partial charge in [0.15, 0.2) is 0 Å². The number of hydrogen-bond acceptors (Lipinski definition) is 4. The summed E-state index contributed by atoms with van der Waals surface area (Å²) < 4.78 is 10.1. The maximum Gasteiger partial charge on any atom is 0.305 e. The zero-order valence-corrected chi connectivity index (χ0v) is 11.3. The van der Waals surface area contributed by atoms with Crippen molar-refractivity contribution in [1.82, 2.24) is 5.32 Å². The second-order valence-corrected chi connectivity index (χ2v) is 3.92. The van der Waals surface area contributed by atoms with Gasteiger partial charge in [-0.3, -0.25) is 4.79 Å². The van der Waals surface area contributed by atoms with Crippen LogP contribution < -0.4 is 5.32 Å². The molecule has 0 rings (SSSR count). The number of nitrogens with one attached hydrogen (secondary N) is 1. The number of esters is 1. The van der Waals surface area contributed by atoms with Crippen molar-refractivity contribution in [2.45, 2.75) is 46.0 Å². The number of unbranched alkanes of at least 4 members (excludes halogenated alkanes) is 2. The van der Waals surface area contributed by atoms with Crippen molar-refractivity contribution in [3.8, 4) is 0 Å². The first kappa shape index (κ1) is 16.4. The minimum atomic E-state index is -0.0721. The van der Waals surface area contributed by atoms with E-state index in [-0.39, 0.29) is 5.97 Å². The predicted molar refractivity (Wildman–Crippen MR) is 69.1 cm³/mol. The molecule has 0 fully saturated rings. The first-order valence-corrected chi connectivity index (χ1v) is 6.75. The van der Waals surface area contributed by atoms with Crippen LogP contribution in [0.25, 0.3) is 0 Å². The van der Waals surface area contributed by atoms with E-state index in [1.165, 1.54) is 0 Å². The Morgan fingerprint density at radius 3 is 2.47 bits per heavy atom. The van der Waals surface area contributed by atoms with E-state index in [9.17, 15) is 4.79 Å². The van der Waals surface area contributed by atoms with E-state index < -0.39 is 0 Å². The Bertz CT molecular complexity index is 174. The normalized spacial score (nSPS) is 10.5. The van der Waals surface area contributed by atoms with E-state index in [4.69, 9.17) is 9.47 Å². The molecule has 0 saturated heterocycles. The molecule has 0 unspecified atom stereocenters. The summed E-state index contributed by atoms with van der Waals surface area (Å²) in [6.45, 7) is 8.01. The zero-order chi connectivity index (χ0) is 12.8. The Kier molecular flexibility index (Phi) is 13.0. The summed E-state index contributed by atoms with van der Waals surface area (Å²) in [5, 5.41) is 3.36. The van der Waals surface area contributed by atoms with Crippen molar-refractivity contribution in [3.63, 3.8) is 0 Å². The second kappa shape index (κ2) is 13.5. The van der Waals surface area contributed by atoms with Crippen molar-refractivity contribution >= 4 is 5.97 Å². The molecule has 0 bridgehead atoms. The molecule has 0 aromatic rings. The van der Waals surface area contributed by atoms with Gasteiger partial charge in [0.1, 0.15) is 0 Å². The molecule has 0 aromatic heterocycles. The fourth-order valence-electron chi connectivity index (χ4n) is 1.50. The molecule has 0 amide bonds. The molecule has 0 atom stereocenters. The third-order valence-electron chi connectivity index (χ3n) is 2.39. The lowest BCUT2D eigenvalue weighted by Gasteiger charge is -2.05. The Labute approximate surface area is 105 Å². The maximum atomic E-state index is 11.0. The number of hydrogen-bond donors (Lipinski definition) is 1. The quantitative estimate of drug-likeness (QED) is 0.422. The van der Waals surface area contributed by atoms with Gasteiger partial charge in [0.2, 0.25) is 0 Å². The molecule has 0 aliphatic carbocycles. The van der Waals surface area contributed by atoms with Crippen LogP contribution in [0.1, 0.15) is 46.0 Å². The smallest absolute Gasteiger partial charge is 0.305 e. The van der Waals surface area contributed by atoms with Crippen LogP contribution in [0.15, 0.2) is 0 Å². The van der Waals surface area contributed by atoms with Crippen molar-refractivity contribution in [2.24, 2.45) is 0 Å². The second-order valence-electron chi connectivity index (χ2n) is 3.92. The third-order valence-corrected chi connectivity index (χ3v) is 2.39. The van der Waals surface area contributed by atoms with Gasteiger partial charge < -0.3 is 14.8 Å². The SMILES string of the molecule is CCOCCCNCCCCCC(=O)OCC. The lowest BCUT2D eigenvalue weighted by Crippen LogP contribution is -2.18. The average Bonchev–Trinajstić information content (AvgIpc) is 2.32. The van der Waals surface area contributed by atoms with Crippen LogP contribution in [0, 0.1) is 0 Å². The fraction of sp³-hybridized carbons (Fsp3) is 0.923. The molecule has 1 N–H and O–H groups in total. The summed E-state index contributed by atoms with van der Waals surface area (Å²) >= 11 is 0. The summed E-state index contributed by atoms with van der Waals surface area (Å²) in [5.74, 6) is -0.0721. The van der Waals surface area contributed by atoms with E-state index in [2.05, 4.69) is 5.32 Å². The average molecular weight is 245 g/mol. The highest BCUT2D eigenvalue weighted by Crippen LogP contribution is 2.00. The zero-order valence-electron chi connectivity index (χ0n) is 11.3. The molecule has 0 radical (unpaired) electrons. The predicted octanol–water partition coefficient (Wildman–Crippen LogP) is 2.13. The molecule has 4 heteroatoms. The van der Waals surface area contributed by atoms with Gasteiger partial charge in [0, 0.05) is 19.6 Å². The lowest BCUT2D eigenvalue weighted by molar-refractivity contribution is -0.143. The standard InChI is InChI=1S/C13H27NO3/c1-3-16-12-8-11-14-10-7-5-6-9-13(15)17-4-2/h14H,3-12H2,1-2H3. The van der Waals surface area contributed by atoms with Gasteiger partial charge in [-0.05, 0) is 46.2 Å². The largest absolute Gasteiger partial charge is 0.466 e. The van der Waals surface area contributed by atoms with Crippen LogP contribution in [-0.2, 0) is 14.3 Å². The summed E-state index contributed by atoms with van der Waals surface area (Å²) in [6.07, 6.45) is 4.75. The molecule has 17 heavy (non-hydrogen) atoms. The van der Waals surface area contributed by atoms with Crippen LogP contribution in [0.2, 0.25) is 0 Å². The third kappa shape index (κ3) is 13.3. The minimum Gasteiger partial charge on any atom is -0.466 e. The summed E-state index contributed by atoms with van der Waals surface area (Å²) in [7, 11) is 0. The molecule has 4 nitrogen and oxygen atoms in total. The maximum absolute atomic E-state index is 11.0. The first-order valence-electron chi connectivity index (χ1n) is 6.75. The van der Waals surface area contributed by atoms with Crippen molar-refractivity contribution in [2.75, 3.05) is 32.9 Å². The number of rotatable bonds is 12. The molecule has 0 aliphatic heterocycles. The van der Waals surface area contributed by atoms with Gasteiger partial charge in [-0.25, -0.2) is 0 Å². The van der Waals surface area contributed by atoms with Crippen LogP contribution in [-0.4, -0.2) is 38.9 Å². The van der Waals surface area contributed by atoms with E-state index >= 15 is 0 Å². The molecule has 0 aromatic carbocycles. The highest BCUT2D eigenvalue weighted by molar-refractivity contribution is 5.69.